The minimum Gasteiger partial charge on any atom is -0.461 e. The van der Waals surface area contributed by atoms with Crippen LogP contribution in [0.4, 0.5) is 0 Å². The van der Waals surface area contributed by atoms with E-state index in [1.54, 1.807) is 0 Å². The van der Waals surface area contributed by atoms with E-state index < -0.39 is 0 Å². The summed E-state index contributed by atoms with van der Waals surface area (Å²) in [6.07, 6.45) is 9.03. The Morgan fingerprint density at radius 1 is 1.45 bits per heavy atom. The topological polar surface area (TPSA) is 43.4 Å². The maximum Gasteiger partial charge on any atom is 0.302 e. The molecule has 0 heterocycles. The number of ether oxygens (including phenoxy) is 1. The van der Waals surface area contributed by atoms with Crippen LogP contribution < -0.4 is 0 Å². The van der Waals surface area contributed by atoms with Gasteiger partial charge < -0.3 is 4.74 Å². The van der Waals surface area contributed by atoms with E-state index in [1.807, 2.05) is 0 Å². The minimum absolute atomic E-state index is 0.235. The van der Waals surface area contributed by atoms with Crippen LogP contribution in [0.2, 0.25) is 0 Å². The van der Waals surface area contributed by atoms with Gasteiger partial charge in [-0.25, -0.2) is 0 Å². The quantitative estimate of drug-likeness (QED) is 0.450. The van der Waals surface area contributed by atoms with Gasteiger partial charge in [0.2, 0.25) is 0 Å². The number of carbonyl (C=O) groups excluding carboxylic acids is 2. The van der Waals surface area contributed by atoms with Gasteiger partial charge in [0.05, 0.1) is 0 Å². The fourth-order valence-corrected chi connectivity index (χ4v) is 3.29. The number of fused-ring (bicyclic) bond motifs is 1. The van der Waals surface area contributed by atoms with Crippen LogP contribution in [0.3, 0.4) is 0 Å². The molecule has 2 aliphatic carbocycles. The maximum atomic E-state index is 11.1. The molecule has 2 atom stereocenters. The first-order chi connectivity index (χ1) is 9.45. The zero-order valence-corrected chi connectivity index (χ0v) is 12.6. The van der Waals surface area contributed by atoms with Crippen LogP contribution in [0.1, 0.15) is 46.5 Å². The van der Waals surface area contributed by atoms with Crippen molar-refractivity contribution < 1.29 is 14.3 Å². The predicted octanol–water partition coefficient (Wildman–Crippen LogP) is 3.45. The zero-order valence-electron chi connectivity index (χ0n) is 12.6. The first-order valence-corrected chi connectivity index (χ1v) is 7.42. The van der Waals surface area contributed by atoms with E-state index in [0.29, 0.717) is 23.9 Å². The third-order valence-electron chi connectivity index (χ3n) is 4.79. The normalized spacial score (nSPS) is 33.8. The van der Waals surface area contributed by atoms with Crippen LogP contribution in [-0.4, -0.2) is 18.9 Å². The highest BCUT2D eigenvalue weighted by atomic mass is 16.5. The predicted molar refractivity (Wildman–Crippen MR) is 78.1 cm³/mol. The molecule has 0 aromatic heterocycles. The molecule has 0 N–H and O–H groups in total. The van der Waals surface area contributed by atoms with Gasteiger partial charge in [0.25, 0.3) is 0 Å². The Kier molecular flexibility index (Phi) is 4.46. The highest BCUT2D eigenvalue weighted by Gasteiger charge is 2.55. The first-order valence-electron chi connectivity index (χ1n) is 7.42. The number of esters is 1. The van der Waals surface area contributed by atoms with Crippen molar-refractivity contribution in [2.75, 3.05) is 6.61 Å². The van der Waals surface area contributed by atoms with E-state index in [2.05, 4.69) is 26.0 Å². The molecule has 2 rings (SSSR count). The van der Waals surface area contributed by atoms with Crippen LogP contribution in [0.5, 0.6) is 0 Å². The molecule has 20 heavy (non-hydrogen) atoms. The van der Waals surface area contributed by atoms with Crippen molar-refractivity contribution in [3.8, 4) is 0 Å². The lowest BCUT2D eigenvalue weighted by Crippen LogP contribution is -2.04. The second-order valence-electron chi connectivity index (χ2n) is 6.53. The number of hydrogen-bond donors (Lipinski definition) is 0. The van der Waals surface area contributed by atoms with Crippen LogP contribution in [0, 0.1) is 17.3 Å². The number of rotatable bonds is 3. The van der Waals surface area contributed by atoms with Gasteiger partial charge in [0.15, 0.2) is 0 Å². The monoisotopic (exact) mass is 276 g/mol. The van der Waals surface area contributed by atoms with E-state index in [0.717, 1.165) is 37.5 Å². The molecule has 1 saturated carbocycles. The summed E-state index contributed by atoms with van der Waals surface area (Å²) in [7, 11) is 0. The summed E-state index contributed by atoms with van der Waals surface area (Å²) < 4.78 is 5.11. The summed E-state index contributed by atoms with van der Waals surface area (Å²) >= 11 is 0. The van der Waals surface area contributed by atoms with Gasteiger partial charge in [-0.15, -0.1) is 0 Å². The van der Waals surface area contributed by atoms with Crippen molar-refractivity contribution in [3.05, 3.63) is 23.3 Å². The molecule has 0 aromatic rings. The van der Waals surface area contributed by atoms with Crippen molar-refractivity contribution in [3.63, 3.8) is 0 Å². The molecule has 0 amide bonds. The van der Waals surface area contributed by atoms with Crippen molar-refractivity contribution in [1.29, 1.82) is 0 Å². The molecule has 0 radical (unpaired) electrons. The summed E-state index contributed by atoms with van der Waals surface area (Å²) in [5.41, 5.74) is 2.40. The van der Waals surface area contributed by atoms with Crippen LogP contribution in [0.15, 0.2) is 23.3 Å². The number of carbonyl (C=O) groups is 2. The molecule has 3 heteroatoms. The van der Waals surface area contributed by atoms with Crippen molar-refractivity contribution >= 4 is 12.3 Å². The van der Waals surface area contributed by atoms with E-state index in [9.17, 15) is 9.59 Å². The highest BCUT2D eigenvalue weighted by molar-refractivity contribution is 5.73. The molecule has 0 saturated heterocycles. The van der Waals surface area contributed by atoms with Crippen LogP contribution >= 0.6 is 0 Å². The smallest absolute Gasteiger partial charge is 0.302 e. The molecule has 1 fully saturated rings. The van der Waals surface area contributed by atoms with Crippen LogP contribution in [-0.2, 0) is 14.3 Å². The van der Waals surface area contributed by atoms with Gasteiger partial charge >= 0.3 is 5.97 Å². The lowest BCUT2D eigenvalue weighted by Gasteiger charge is -2.10. The largest absolute Gasteiger partial charge is 0.461 e. The molecule has 110 valence electrons. The third-order valence-corrected chi connectivity index (χ3v) is 4.79. The lowest BCUT2D eigenvalue weighted by molar-refractivity contribution is -0.140. The molecule has 0 aromatic carbocycles. The fraction of sp³-hybridized carbons (Fsp3) is 0.647. The molecule has 2 aliphatic rings. The molecular weight excluding hydrogens is 252 g/mol. The molecule has 0 spiro atoms. The Morgan fingerprint density at radius 2 is 2.20 bits per heavy atom. The summed E-state index contributed by atoms with van der Waals surface area (Å²) in [5.74, 6) is 0.924. The average molecular weight is 276 g/mol. The minimum atomic E-state index is -0.235. The second kappa shape index (κ2) is 5.94. The van der Waals surface area contributed by atoms with E-state index in [-0.39, 0.29) is 5.97 Å². The van der Waals surface area contributed by atoms with Gasteiger partial charge in [0, 0.05) is 6.92 Å². The van der Waals surface area contributed by atoms with Gasteiger partial charge in [-0.2, -0.15) is 0 Å². The summed E-state index contributed by atoms with van der Waals surface area (Å²) in [4.78, 5) is 22.1. The fourth-order valence-electron chi connectivity index (χ4n) is 3.29. The lowest BCUT2D eigenvalue weighted by atomic mass is 10.0. The van der Waals surface area contributed by atoms with E-state index >= 15 is 0 Å². The van der Waals surface area contributed by atoms with Crippen molar-refractivity contribution in [2.24, 2.45) is 17.3 Å². The Labute approximate surface area is 121 Å². The number of allylic oxidation sites excluding steroid dienone is 3. The summed E-state index contributed by atoms with van der Waals surface area (Å²) in [6.45, 7) is 6.38. The van der Waals surface area contributed by atoms with Gasteiger partial charge in [0.1, 0.15) is 12.9 Å². The maximum absolute atomic E-state index is 11.1. The second-order valence-corrected chi connectivity index (χ2v) is 6.53. The molecule has 0 unspecified atom stereocenters. The molecular formula is C17H24O3. The summed E-state index contributed by atoms with van der Waals surface area (Å²) in [6, 6.07) is 0. The van der Waals surface area contributed by atoms with Gasteiger partial charge in [-0.05, 0) is 54.1 Å². The first kappa shape index (κ1) is 15.0. The molecule has 0 aliphatic heterocycles. The SMILES string of the molecule is CC(=O)OC/C1=C/CC/C(C=O)=C\[C@@H]2[C@@H](CC1)C2(C)C. The molecule has 0 bridgehead atoms. The molecule has 3 nitrogen and oxygen atoms in total. The van der Waals surface area contributed by atoms with Crippen molar-refractivity contribution in [2.45, 2.75) is 46.5 Å². The Bertz CT molecular complexity index is 457. The Morgan fingerprint density at radius 3 is 2.85 bits per heavy atom. The van der Waals surface area contributed by atoms with E-state index in [4.69, 9.17) is 4.74 Å². The Balaban J connectivity index is 2.07. The van der Waals surface area contributed by atoms with Crippen molar-refractivity contribution in [1.82, 2.24) is 0 Å². The Hall–Kier alpha value is -1.38. The van der Waals surface area contributed by atoms with Crippen LogP contribution in [0.25, 0.3) is 0 Å². The standard InChI is InChI=1S/C17H24O3/c1-12(19)20-11-13-5-4-6-14(10-18)9-16-15(8-7-13)17(16,2)3/h5,9-10,15-16H,4,6-8,11H2,1-3H3/b13-5+,14-9+/t15-,16-/m1/s1. The number of aldehydes is 1. The van der Waals surface area contributed by atoms with E-state index in [1.165, 1.54) is 12.5 Å². The number of hydrogen-bond acceptors (Lipinski definition) is 3. The summed E-state index contributed by atoms with van der Waals surface area (Å²) in [5, 5.41) is 0. The highest BCUT2D eigenvalue weighted by Crippen LogP contribution is 2.61. The van der Waals surface area contributed by atoms with Gasteiger partial charge in [-0.1, -0.05) is 26.0 Å². The third kappa shape index (κ3) is 3.38. The zero-order chi connectivity index (χ0) is 14.8. The van der Waals surface area contributed by atoms with Gasteiger partial charge in [-0.3, -0.25) is 9.59 Å². The average Bonchev–Trinajstić information content (AvgIpc) is 2.92.